The summed E-state index contributed by atoms with van der Waals surface area (Å²) < 4.78 is 0. The summed E-state index contributed by atoms with van der Waals surface area (Å²) in [6.07, 6.45) is 7.57. The molecule has 4 aromatic carbocycles. The lowest BCUT2D eigenvalue weighted by Gasteiger charge is -2.20. The van der Waals surface area contributed by atoms with Crippen LogP contribution >= 0.6 is 0 Å². The fourth-order valence-electron chi connectivity index (χ4n) is 6.24. The average Bonchev–Trinajstić information content (AvgIpc) is 3.46. The number of benzene rings is 4. The summed E-state index contributed by atoms with van der Waals surface area (Å²) in [6, 6.07) is 32.7. The van der Waals surface area contributed by atoms with Crippen LogP contribution in [0.2, 0.25) is 0 Å². The van der Waals surface area contributed by atoms with E-state index in [2.05, 4.69) is 86.9 Å². The molecule has 3 heterocycles. The van der Waals surface area contributed by atoms with Gasteiger partial charge in [-0.25, -0.2) is 0 Å². The second-order valence-electron chi connectivity index (χ2n) is 12.3. The van der Waals surface area contributed by atoms with Crippen LogP contribution in [0.3, 0.4) is 0 Å². The van der Waals surface area contributed by atoms with Gasteiger partial charge in [0, 0.05) is 68.8 Å². The van der Waals surface area contributed by atoms with E-state index in [9.17, 15) is 0 Å². The Balaban J connectivity index is 1.57. The van der Waals surface area contributed by atoms with Gasteiger partial charge in [0.1, 0.15) is 0 Å². The Hall–Kier alpha value is -5.36. The van der Waals surface area contributed by atoms with Crippen molar-refractivity contribution in [3.63, 3.8) is 0 Å². The summed E-state index contributed by atoms with van der Waals surface area (Å²) in [5.41, 5.74) is 9.32. The SMILES string of the molecule is CC1(C)C(=c2cnc3ccccc3ncc(=C3Nc4ccccc4C3(C)C)cnc3ccccc3nc2)Nc2ccccc21. The number of hydrogen-bond acceptors (Lipinski definition) is 6. The molecule has 0 amide bonds. The molecule has 0 bridgehead atoms. The van der Waals surface area contributed by atoms with Crippen molar-refractivity contribution in [1.82, 2.24) is 19.9 Å². The highest BCUT2D eigenvalue weighted by molar-refractivity contribution is 5.84. The van der Waals surface area contributed by atoms with Crippen LogP contribution in [-0.2, 0) is 10.8 Å². The van der Waals surface area contributed by atoms with Gasteiger partial charge >= 0.3 is 0 Å². The van der Waals surface area contributed by atoms with E-state index in [1.807, 2.05) is 73.3 Å². The van der Waals surface area contributed by atoms with E-state index in [0.717, 1.165) is 55.3 Å². The monoisotopic (exact) mass is 574 g/mol. The van der Waals surface area contributed by atoms with Gasteiger partial charge in [-0.1, -0.05) is 88.4 Å². The number of para-hydroxylation sites is 6. The number of aromatic nitrogens is 4. The fourth-order valence-corrected chi connectivity index (χ4v) is 6.24. The lowest BCUT2D eigenvalue weighted by atomic mass is 9.83. The fraction of sp³-hybridized carbons (Fsp3) is 0.158. The highest BCUT2D eigenvalue weighted by Crippen LogP contribution is 2.44. The van der Waals surface area contributed by atoms with Crippen LogP contribution in [0.25, 0.3) is 33.5 Å². The highest BCUT2D eigenvalue weighted by atomic mass is 15.0. The molecule has 44 heavy (non-hydrogen) atoms. The van der Waals surface area contributed by atoms with E-state index in [0.29, 0.717) is 0 Å². The zero-order chi connectivity index (χ0) is 30.3. The van der Waals surface area contributed by atoms with Crippen LogP contribution < -0.4 is 21.1 Å². The maximum atomic E-state index is 4.98. The first-order chi connectivity index (χ1) is 21.3. The van der Waals surface area contributed by atoms with Crippen molar-refractivity contribution < 1.29 is 0 Å². The molecule has 1 aromatic heterocycles. The zero-order valence-electron chi connectivity index (χ0n) is 25.3. The quantitative estimate of drug-likeness (QED) is 0.211. The third-order valence-corrected chi connectivity index (χ3v) is 8.68. The number of rotatable bonds is 0. The molecule has 0 radical (unpaired) electrons. The molecule has 2 aliphatic rings. The van der Waals surface area contributed by atoms with Gasteiger partial charge in [-0.2, -0.15) is 0 Å². The van der Waals surface area contributed by atoms with Gasteiger partial charge in [0.2, 0.25) is 0 Å². The minimum atomic E-state index is -0.259. The molecule has 0 unspecified atom stereocenters. The molecule has 6 nitrogen and oxygen atoms in total. The molecule has 0 atom stereocenters. The summed E-state index contributed by atoms with van der Waals surface area (Å²) in [7, 11) is 0. The van der Waals surface area contributed by atoms with E-state index < -0.39 is 0 Å². The zero-order valence-corrected chi connectivity index (χ0v) is 25.3. The first kappa shape index (κ1) is 27.5. The van der Waals surface area contributed by atoms with Crippen molar-refractivity contribution in [2.24, 2.45) is 0 Å². The number of hydrogen-bond donors (Lipinski definition) is 2. The average molecular weight is 575 g/mol. The first-order valence-electron chi connectivity index (χ1n) is 14.9. The Labute approximate surface area is 256 Å². The third-order valence-electron chi connectivity index (χ3n) is 8.68. The summed E-state index contributed by atoms with van der Waals surface area (Å²) in [6.45, 7) is 8.90. The number of fused-ring (bicyclic) bond motifs is 4. The molecule has 216 valence electrons. The second kappa shape index (κ2) is 10.7. The predicted molar refractivity (Wildman–Crippen MR) is 180 cm³/mol. The van der Waals surface area contributed by atoms with Crippen molar-refractivity contribution in [1.29, 1.82) is 0 Å². The maximum Gasteiger partial charge on any atom is 0.0886 e. The van der Waals surface area contributed by atoms with E-state index in [4.69, 9.17) is 19.9 Å². The second-order valence-corrected chi connectivity index (χ2v) is 12.3. The largest absolute Gasteiger partial charge is 0.357 e. The Kier molecular flexibility index (Phi) is 6.70. The highest BCUT2D eigenvalue weighted by Gasteiger charge is 2.35. The molecule has 2 aliphatic heterocycles. The Morgan fingerprint density at radius 3 is 1.02 bits per heavy atom. The van der Waals surface area contributed by atoms with E-state index in [-0.39, 0.29) is 10.8 Å². The molecule has 7 rings (SSSR count). The van der Waals surface area contributed by atoms with Crippen LogP contribution in [0.1, 0.15) is 38.8 Å². The van der Waals surface area contributed by atoms with Crippen molar-refractivity contribution in [3.8, 4) is 0 Å². The van der Waals surface area contributed by atoms with Crippen molar-refractivity contribution in [3.05, 3.63) is 143 Å². The molecular weight excluding hydrogens is 540 g/mol. The normalized spacial score (nSPS) is 15.5. The summed E-state index contributed by atoms with van der Waals surface area (Å²) in [4.78, 5) is 19.9. The number of anilines is 2. The Morgan fingerprint density at radius 2 is 0.705 bits per heavy atom. The van der Waals surface area contributed by atoms with Gasteiger partial charge in [0.05, 0.1) is 22.1 Å². The molecule has 0 saturated heterocycles. The van der Waals surface area contributed by atoms with Gasteiger partial charge in [0.15, 0.2) is 0 Å². The molecule has 0 spiro atoms. The predicted octanol–water partition coefficient (Wildman–Crippen LogP) is 6.84. The van der Waals surface area contributed by atoms with E-state index >= 15 is 0 Å². The van der Waals surface area contributed by atoms with Crippen LogP contribution in [0.5, 0.6) is 0 Å². The van der Waals surface area contributed by atoms with E-state index in [1.165, 1.54) is 11.1 Å². The van der Waals surface area contributed by atoms with Gasteiger partial charge < -0.3 is 10.6 Å². The van der Waals surface area contributed by atoms with Crippen molar-refractivity contribution in [2.45, 2.75) is 38.5 Å². The summed E-state index contributed by atoms with van der Waals surface area (Å²) >= 11 is 0. The third kappa shape index (κ3) is 4.78. The molecule has 5 aromatic rings. The van der Waals surface area contributed by atoms with Gasteiger partial charge in [-0.05, 0) is 47.5 Å². The molecular formula is C38H34N6. The Morgan fingerprint density at radius 1 is 0.409 bits per heavy atom. The molecule has 0 saturated carbocycles. The van der Waals surface area contributed by atoms with Crippen LogP contribution in [0.15, 0.2) is 122 Å². The van der Waals surface area contributed by atoms with Crippen molar-refractivity contribution in [2.75, 3.05) is 10.6 Å². The van der Waals surface area contributed by atoms with Crippen LogP contribution in [0.4, 0.5) is 11.4 Å². The molecule has 0 fully saturated rings. The van der Waals surface area contributed by atoms with Gasteiger partial charge in [-0.15, -0.1) is 0 Å². The first-order valence-corrected chi connectivity index (χ1v) is 14.9. The minimum Gasteiger partial charge on any atom is -0.357 e. The minimum absolute atomic E-state index is 0.259. The van der Waals surface area contributed by atoms with Gasteiger partial charge in [0.25, 0.3) is 0 Å². The molecule has 0 aliphatic carbocycles. The van der Waals surface area contributed by atoms with Gasteiger partial charge in [-0.3, -0.25) is 19.9 Å². The summed E-state index contributed by atoms with van der Waals surface area (Å²) in [5.74, 6) is 0. The smallest absolute Gasteiger partial charge is 0.0886 e. The summed E-state index contributed by atoms with van der Waals surface area (Å²) in [5, 5.41) is 9.08. The molecule has 6 heteroatoms. The van der Waals surface area contributed by atoms with Crippen molar-refractivity contribution >= 4 is 44.8 Å². The lowest BCUT2D eigenvalue weighted by molar-refractivity contribution is 0.707. The van der Waals surface area contributed by atoms with Crippen LogP contribution in [0, 0.1) is 0 Å². The Bertz CT molecular complexity index is 1960. The number of nitrogens with one attached hydrogen (secondary N) is 2. The van der Waals surface area contributed by atoms with Crippen LogP contribution in [-0.4, -0.2) is 19.9 Å². The standard InChI is InChI=1S/C38H34N6/c1-37(2)27-13-5-7-15-29(27)43-35(37)25-21-39-31-17-9-11-19-33(31)41-23-26(24-42-34-20-12-10-18-32(34)40-22-25)36-38(3,4)28-14-6-8-16-30(28)44-36/h5-24,43-44H,1-4H3. The number of nitrogens with zero attached hydrogens (tertiary/aromatic N) is 4. The molecule has 2 N–H and O–H groups in total. The maximum absolute atomic E-state index is 4.98. The topological polar surface area (TPSA) is 75.6 Å². The lowest BCUT2D eigenvalue weighted by Crippen LogP contribution is -2.24. The van der Waals surface area contributed by atoms with E-state index in [1.54, 1.807) is 0 Å².